The Labute approximate surface area is 134 Å². The molecule has 1 fully saturated rings. The fourth-order valence-electron chi connectivity index (χ4n) is 2.60. The molecule has 0 atom stereocenters. The zero-order valence-corrected chi connectivity index (χ0v) is 14.0. The third-order valence-electron chi connectivity index (χ3n) is 3.87. The van der Waals surface area contributed by atoms with Gasteiger partial charge in [-0.3, -0.25) is 4.79 Å². The smallest absolute Gasteiger partial charge is 0.231 e. The molecule has 0 heterocycles. The third-order valence-corrected chi connectivity index (χ3v) is 4.54. The van der Waals surface area contributed by atoms with Crippen molar-refractivity contribution in [1.82, 2.24) is 0 Å². The summed E-state index contributed by atoms with van der Waals surface area (Å²) in [6.07, 6.45) is 4.05. The van der Waals surface area contributed by atoms with Crippen molar-refractivity contribution in [3.05, 3.63) is 27.3 Å². The van der Waals surface area contributed by atoms with Gasteiger partial charge in [0.2, 0.25) is 5.91 Å². The van der Waals surface area contributed by atoms with Gasteiger partial charge < -0.3 is 11.1 Å². The summed E-state index contributed by atoms with van der Waals surface area (Å²) in [4.78, 5) is 12.4. The predicted octanol–water partition coefficient (Wildman–Crippen LogP) is 3.48. The highest BCUT2D eigenvalue weighted by molar-refractivity contribution is 14.1. The standard InChI is InChI=1S/C14H19IN2O.ClH/c1-10-8-11(15)4-5-12(10)17-13(18)14(9-16)6-2-3-7-14;/h4-5,8H,2-3,6-7,9,16H2,1H3,(H,17,18);1H. The summed E-state index contributed by atoms with van der Waals surface area (Å²) in [5.41, 5.74) is 7.49. The average molecular weight is 395 g/mol. The van der Waals surface area contributed by atoms with Crippen LogP contribution in [0.15, 0.2) is 18.2 Å². The summed E-state index contributed by atoms with van der Waals surface area (Å²) in [5, 5.41) is 3.05. The second-order valence-electron chi connectivity index (χ2n) is 5.10. The fourth-order valence-corrected chi connectivity index (χ4v) is 3.24. The molecule has 0 unspecified atom stereocenters. The summed E-state index contributed by atoms with van der Waals surface area (Å²) in [7, 11) is 0. The zero-order valence-electron chi connectivity index (χ0n) is 11.0. The molecule has 106 valence electrons. The molecular weight excluding hydrogens is 375 g/mol. The molecule has 19 heavy (non-hydrogen) atoms. The van der Waals surface area contributed by atoms with Crippen LogP contribution < -0.4 is 11.1 Å². The molecule has 1 aliphatic rings. The second kappa shape index (κ2) is 6.90. The van der Waals surface area contributed by atoms with E-state index in [1.807, 2.05) is 19.1 Å². The molecular formula is C14H20ClIN2O. The zero-order chi connectivity index (χ0) is 13.2. The lowest BCUT2D eigenvalue weighted by Gasteiger charge is -2.26. The lowest BCUT2D eigenvalue weighted by Crippen LogP contribution is -2.40. The lowest BCUT2D eigenvalue weighted by molar-refractivity contribution is -0.124. The molecule has 0 spiro atoms. The number of halogens is 2. The Balaban J connectivity index is 0.00000180. The highest BCUT2D eigenvalue weighted by atomic mass is 127. The molecule has 1 saturated carbocycles. The molecule has 0 radical (unpaired) electrons. The Morgan fingerprint density at radius 1 is 1.42 bits per heavy atom. The van der Waals surface area contributed by atoms with E-state index in [0.29, 0.717) is 6.54 Å². The maximum absolute atomic E-state index is 12.4. The van der Waals surface area contributed by atoms with Gasteiger partial charge >= 0.3 is 0 Å². The fraction of sp³-hybridized carbons (Fsp3) is 0.500. The first-order valence-corrected chi connectivity index (χ1v) is 7.43. The van der Waals surface area contributed by atoms with Crippen molar-refractivity contribution in [2.24, 2.45) is 11.1 Å². The van der Waals surface area contributed by atoms with Crippen LogP contribution in [0.4, 0.5) is 5.69 Å². The number of hydrogen-bond donors (Lipinski definition) is 2. The van der Waals surface area contributed by atoms with Gasteiger partial charge in [-0.2, -0.15) is 0 Å². The average Bonchev–Trinajstić information content (AvgIpc) is 2.82. The van der Waals surface area contributed by atoms with Crippen LogP contribution in [0.1, 0.15) is 31.2 Å². The molecule has 0 saturated heterocycles. The van der Waals surface area contributed by atoms with Crippen molar-refractivity contribution in [1.29, 1.82) is 0 Å². The first-order chi connectivity index (χ1) is 8.57. The number of aryl methyl sites for hydroxylation is 1. The topological polar surface area (TPSA) is 55.1 Å². The van der Waals surface area contributed by atoms with Crippen LogP contribution in [0.2, 0.25) is 0 Å². The summed E-state index contributed by atoms with van der Waals surface area (Å²) < 4.78 is 1.18. The van der Waals surface area contributed by atoms with Crippen LogP contribution in [0.5, 0.6) is 0 Å². The van der Waals surface area contributed by atoms with Gasteiger partial charge in [0, 0.05) is 15.8 Å². The van der Waals surface area contributed by atoms with Crippen molar-refractivity contribution in [2.75, 3.05) is 11.9 Å². The van der Waals surface area contributed by atoms with Crippen molar-refractivity contribution >= 4 is 46.6 Å². The van der Waals surface area contributed by atoms with E-state index < -0.39 is 0 Å². The number of carbonyl (C=O) groups excluding carboxylic acids is 1. The van der Waals surface area contributed by atoms with Crippen LogP contribution in [-0.4, -0.2) is 12.5 Å². The molecule has 3 N–H and O–H groups in total. The predicted molar refractivity (Wildman–Crippen MR) is 89.7 cm³/mol. The molecule has 3 nitrogen and oxygen atoms in total. The molecule has 0 aromatic heterocycles. The van der Waals surface area contributed by atoms with Gasteiger partial charge in [-0.25, -0.2) is 0 Å². The van der Waals surface area contributed by atoms with Gasteiger partial charge in [-0.1, -0.05) is 12.8 Å². The number of rotatable bonds is 3. The van der Waals surface area contributed by atoms with E-state index in [9.17, 15) is 4.79 Å². The Morgan fingerprint density at radius 2 is 2.05 bits per heavy atom. The van der Waals surface area contributed by atoms with Gasteiger partial charge in [0.1, 0.15) is 0 Å². The van der Waals surface area contributed by atoms with E-state index in [2.05, 4.69) is 34.0 Å². The largest absolute Gasteiger partial charge is 0.329 e. The van der Waals surface area contributed by atoms with Crippen LogP contribution in [0.3, 0.4) is 0 Å². The number of carbonyl (C=O) groups is 1. The van der Waals surface area contributed by atoms with Crippen molar-refractivity contribution in [3.8, 4) is 0 Å². The first kappa shape index (κ1) is 16.7. The quantitative estimate of drug-likeness (QED) is 0.771. The summed E-state index contributed by atoms with van der Waals surface area (Å²) in [6, 6.07) is 6.04. The normalized spacial score (nSPS) is 16.8. The highest BCUT2D eigenvalue weighted by Gasteiger charge is 2.39. The third kappa shape index (κ3) is 3.61. The van der Waals surface area contributed by atoms with Crippen molar-refractivity contribution in [2.45, 2.75) is 32.6 Å². The van der Waals surface area contributed by atoms with Gasteiger partial charge in [-0.05, 0) is 66.1 Å². The van der Waals surface area contributed by atoms with Gasteiger partial charge in [0.25, 0.3) is 0 Å². The number of anilines is 1. The number of benzene rings is 1. The molecule has 0 aliphatic heterocycles. The van der Waals surface area contributed by atoms with Gasteiger partial charge in [0.05, 0.1) is 5.41 Å². The summed E-state index contributed by atoms with van der Waals surface area (Å²) in [6.45, 7) is 2.46. The van der Waals surface area contributed by atoms with Gasteiger partial charge in [0.15, 0.2) is 0 Å². The minimum Gasteiger partial charge on any atom is -0.329 e. The molecule has 1 aliphatic carbocycles. The number of hydrogen-bond acceptors (Lipinski definition) is 2. The Kier molecular flexibility index (Phi) is 6.08. The maximum atomic E-state index is 12.4. The minimum atomic E-state index is -0.338. The Morgan fingerprint density at radius 3 is 2.58 bits per heavy atom. The molecule has 1 aromatic carbocycles. The van der Waals surface area contributed by atoms with E-state index in [1.54, 1.807) is 0 Å². The monoisotopic (exact) mass is 394 g/mol. The summed E-state index contributed by atoms with van der Waals surface area (Å²) >= 11 is 2.27. The molecule has 0 bridgehead atoms. The minimum absolute atomic E-state index is 0. The SMILES string of the molecule is Cc1cc(I)ccc1NC(=O)C1(CN)CCCC1.Cl. The highest BCUT2D eigenvalue weighted by Crippen LogP contribution is 2.38. The summed E-state index contributed by atoms with van der Waals surface area (Å²) in [5.74, 6) is 0.0896. The molecule has 1 aromatic rings. The molecule has 5 heteroatoms. The van der Waals surface area contributed by atoms with Crippen molar-refractivity contribution < 1.29 is 4.79 Å². The number of amides is 1. The number of nitrogens with one attached hydrogen (secondary N) is 1. The van der Waals surface area contributed by atoms with Crippen molar-refractivity contribution in [3.63, 3.8) is 0 Å². The molecule has 1 amide bonds. The van der Waals surface area contributed by atoms with Crippen LogP contribution in [0.25, 0.3) is 0 Å². The van der Waals surface area contributed by atoms with E-state index in [-0.39, 0.29) is 23.7 Å². The Bertz CT molecular complexity index is 459. The Hall–Kier alpha value is -0.330. The van der Waals surface area contributed by atoms with Crippen LogP contribution >= 0.6 is 35.0 Å². The first-order valence-electron chi connectivity index (χ1n) is 6.35. The van der Waals surface area contributed by atoms with Gasteiger partial charge in [-0.15, -0.1) is 12.4 Å². The molecule has 2 rings (SSSR count). The lowest BCUT2D eigenvalue weighted by atomic mass is 9.85. The van der Waals surface area contributed by atoms with Crippen LogP contribution in [0, 0.1) is 15.9 Å². The van der Waals surface area contributed by atoms with E-state index >= 15 is 0 Å². The number of nitrogens with two attached hydrogens (primary N) is 1. The second-order valence-corrected chi connectivity index (χ2v) is 6.35. The maximum Gasteiger partial charge on any atom is 0.231 e. The van der Waals surface area contributed by atoms with E-state index in [0.717, 1.165) is 36.9 Å². The van der Waals surface area contributed by atoms with Crippen LogP contribution in [-0.2, 0) is 4.79 Å². The van der Waals surface area contributed by atoms with E-state index in [4.69, 9.17) is 5.73 Å². The van der Waals surface area contributed by atoms with E-state index in [1.165, 1.54) is 3.57 Å².